The summed E-state index contributed by atoms with van der Waals surface area (Å²) in [5, 5.41) is 0. The normalized spacial score (nSPS) is 13.4. The molecule has 0 saturated heterocycles. The highest BCUT2D eigenvalue weighted by atomic mass is 19.1. The quantitative estimate of drug-likeness (QED) is 0.436. The molecule has 0 N–H and O–H groups in total. The van der Waals surface area contributed by atoms with E-state index in [2.05, 4.69) is 11.6 Å². The van der Waals surface area contributed by atoms with Crippen molar-refractivity contribution in [2.45, 2.75) is 26.7 Å². The Hall–Kier alpha value is -0.920. The number of halogens is 1. The highest BCUT2D eigenvalue weighted by Gasteiger charge is 1.95. The van der Waals surface area contributed by atoms with Gasteiger partial charge in [0.25, 0.3) is 0 Å². The third-order valence-corrected chi connectivity index (χ3v) is 1.17. The molecule has 1 nitrogen and oxygen atoms in total. The standard InChI is InChI=1S/C9H14FN/c1-4-6-9(8(3)10)11-7-5-2/h4,7H,1,5-6H2,2-3H3/b9-8+,11-7?. The van der Waals surface area contributed by atoms with Gasteiger partial charge in [0, 0.05) is 12.6 Å². The topological polar surface area (TPSA) is 12.4 Å². The second-order valence-corrected chi connectivity index (χ2v) is 2.19. The zero-order chi connectivity index (χ0) is 8.69. The maximum Gasteiger partial charge on any atom is 0.119 e. The fraction of sp³-hybridized carbons (Fsp3) is 0.444. The lowest BCUT2D eigenvalue weighted by atomic mass is 10.3. The molecule has 0 heterocycles. The van der Waals surface area contributed by atoms with Crippen LogP contribution in [0.25, 0.3) is 0 Å². The van der Waals surface area contributed by atoms with Crippen molar-refractivity contribution in [3.63, 3.8) is 0 Å². The molecule has 0 aliphatic heterocycles. The van der Waals surface area contributed by atoms with Gasteiger partial charge < -0.3 is 0 Å². The number of nitrogens with zero attached hydrogens (tertiary/aromatic N) is 1. The Morgan fingerprint density at radius 2 is 2.27 bits per heavy atom. The van der Waals surface area contributed by atoms with Gasteiger partial charge >= 0.3 is 0 Å². The van der Waals surface area contributed by atoms with Crippen molar-refractivity contribution in [2.75, 3.05) is 0 Å². The van der Waals surface area contributed by atoms with Crippen LogP contribution in [0.15, 0.2) is 29.2 Å². The Morgan fingerprint density at radius 1 is 1.64 bits per heavy atom. The van der Waals surface area contributed by atoms with Crippen LogP contribution in [-0.2, 0) is 0 Å². The van der Waals surface area contributed by atoms with E-state index in [1.807, 2.05) is 6.92 Å². The molecule has 0 aromatic rings. The number of aliphatic imine (C=N–C) groups is 1. The van der Waals surface area contributed by atoms with E-state index in [4.69, 9.17) is 0 Å². The van der Waals surface area contributed by atoms with Crippen molar-refractivity contribution in [3.05, 3.63) is 24.2 Å². The Bertz CT molecular complexity index is 176. The van der Waals surface area contributed by atoms with Crippen LogP contribution < -0.4 is 0 Å². The zero-order valence-electron chi connectivity index (χ0n) is 7.10. The van der Waals surface area contributed by atoms with E-state index in [-0.39, 0.29) is 5.83 Å². The van der Waals surface area contributed by atoms with Crippen molar-refractivity contribution in [2.24, 2.45) is 4.99 Å². The molecule has 0 atom stereocenters. The second-order valence-electron chi connectivity index (χ2n) is 2.19. The summed E-state index contributed by atoms with van der Waals surface area (Å²) >= 11 is 0. The minimum Gasteiger partial charge on any atom is -0.263 e. The first-order valence-corrected chi connectivity index (χ1v) is 3.71. The molecule has 0 aromatic carbocycles. The zero-order valence-corrected chi connectivity index (χ0v) is 7.10. The highest BCUT2D eigenvalue weighted by Crippen LogP contribution is 2.11. The molecule has 0 fully saturated rings. The molecule has 0 aliphatic rings. The van der Waals surface area contributed by atoms with Gasteiger partial charge in [0.05, 0.1) is 5.70 Å². The fourth-order valence-corrected chi connectivity index (χ4v) is 0.620. The predicted octanol–water partition coefficient (Wildman–Crippen LogP) is 3.24. The van der Waals surface area contributed by atoms with E-state index < -0.39 is 0 Å². The third-order valence-electron chi connectivity index (χ3n) is 1.17. The summed E-state index contributed by atoms with van der Waals surface area (Å²) < 4.78 is 12.6. The monoisotopic (exact) mass is 155 g/mol. The molecule has 0 saturated carbocycles. The van der Waals surface area contributed by atoms with Crippen LogP contribution in [0, 0.1) is 0 Å². The van der Waals surface area contributed by atoms with E-state index >= 15 is 0 Å². The van der Waals surface area contributed by atoms with Crippen LogP contribution in [0.3, 0.4) is 0 Å². The smallest absolute Gasteiger partial charge is 0.119 e. The lowest BCUT2D eigenvalue weighted by molar-refractivity contribution is 0.622. The largest absolute Gasteiger partial charge is 0.263 e. The Labute approximate surface area is 67.3 Å². The Morgan fingerprint density at radius 3 is 2.64 bits per heavy atom. The van der Waals surface area contributed by atoms with Crippen LogP contribution in [0.2, 0.25) is 0 Å². The lowest BCUT2D eigenvalue weighted by Gasteiger charge is -1.95. The molecular formula is C9H14FN. The molecule has 0 spiro atoms. The summed E-state index contributed by atoms with van der Waals surface area (Å²) in [6.07, 6.45) is 4.67. The van der Waals surface area contributed by atoms with E-state index in [0.717, 1.165) is 6.42 Å². The number of rotatable bonds is 4. The van der Waals surface area contributed by atoms with E-state index in [9.17, 15) is 4.39 Å². The van der Waals surface area contributed by atoms with Crippen molar-refractivity contribution in [1.29, 1.82) is 0 Å². The van der Waals surface area contributed by atoms with Gasteiger partial charge in [0.1, 0.15) is 5.83 Å². The van der Waals surface area contributed by atoms with Gasteiger partial charge in [-0.05, 0) is 13.3 Å². The molecule has 0 amide bonds. The first kappa shape index (κ1) is 10.1. The van der Waals surface area contributed by atoms with Crippen LogP contribution in [0.4, 0.5) is 4.39 Å². The van der Waals surface area contributed by atoms with Gasteiger partial charge in [-0.3, -0.25) is 4.99 Å². The minimum atomic E-state index is -0.227. The van der Waals surface area contributed by atoms with Crippen LogP contribution in [0.5, 0.6) is 0 Å². The minimum absolute atomic E-state index is 0.227. The van der Waals surface area contributed by atoms with Gasteiger partial charge in [-0.25, -0.2) is 4.39 Å². The van der Waals surface area contributed by atoms with Crippen molar-refractivity contribution in [1.82, 2.24) is 0 Å². The molecule has 62 valence electrons. The first-order chi connectivity index (χ1) is 5.22. The molecule has 0 aliphatic carbocycles. The maximum absolute atomic E-state index is 12.6. The summed E-state index contributed by atoms with van der Waals surface area (Å²) in [5.41, 5.74) is 0.474. The average molecular weight is 155 g/mol. The molecule has 0 bridgehead atoms. The van der Waals surface area contributed by atoms with Gasteiger partial charge in [-0.1, -0.05) is 13.0 Å². The van der Waals surface area contributed by atoms with Crippen molar-refractivity contribution < 1.29 is 4.39 Å². The molecule has 2 heteroatoms. The molecular weight excluding hydrogens is 141 g/mol. The fourth-order valence-electron chi connectivity index (χ4n) is 0.620. The summed E-state index contributed by atoms with van der Waals surface area (Å²) in [7, 11) is 0. The maximum atomic E-state index is 12.6. The lowest BCUT2D eigenvalue weighted by Crippen LogP contribution is -1.80. The van der Waals surface area contributed by atoms with Gasteiger partial charge in [0.15, 0.2) is 0 Å². The van der Waals surface area contributed by atoms with E-state index in [1.54, 1.807) is 12.3 Å². The number of hydrogen-bond acceptors (Lipinski definition) is 1. The molecule has 0 unspecified atom stereocenters. The molecule has 0 aromatic heterocycles. The summed E-state index contributed by atoms with van der Waals surface area (Å²) in [6.45, 7) is 6.89. The van der Waals surface area contributed by atoms with Gasteiger partial charge in [-0.15, -0.1) is 6.58 Å². The van der Waals surface area contributed by atoms with Crippen molar-refractivity contribution in [3.8, 4) is 0 Å². The Balaban J connectivity index is 4.23. The van der Waals surface area contributed by atoms with Gasteiger partial charge in [0.2, 0.25) is 0 Å². The Kier molecular flexibility index (Phi) is 5.35. The third kappa shape index (κ3) is 4.48. The highest BCUT2D eigenvalue weighted by molar-refractivity contribution is 5.58. The van der Waals surface area contributed by atoms with E-state index in [0.29, 0.717) is 12.1 Å². The number of hydrogen-bond donors (Lipinski definition) is 0. The SMILES string of the molecule is C=CC/C(N=CCC)=C(/C)F. The summed E-state index contributed by atoms with van der Waals surface area (Å²) in [4.78, 5) is 3.94. The van der Waals surface area contributed by atoms with Gasteiger partial charge in [-0.2, -0.15) is 0 Å². The first-order valence-electron chi connectivity index (χ1n) is 3.71. The van der Waals surface area contributed by atoms with Crippen molar-refractivity contribution >= 4 is 6.21 Å². The molecule has 0 radical (unpaired) electrons. The molecule has 0 rings (SSSR count). The predicted molar refractivity (Wildman–Crippen MR) is 47.4 cm³/mol. The van der Waals surface area contributed by atoms with Crippen LogP contribution >= 0.6 is 0 Å². The number of allylic oxidation sites excluding steroid dienone is 2. The second kappa shape index (κ2) is 5.83. The molecule has 11 heavy (non-hydrogen) atoms. The summed E-state index contributed by atoms with van der Waals surface area (Å²) in [5.74, 6) is -0.227. The summed E-state index contributed by atoms with van der Waals surface area (Å²) in [6, 6.07) is 0. The van der Waals surface area contributed by atoms with E-state index in [1.165, 1.54) is 6.92 Å². The van der Waals surface area contributed by atoms with Crippen LogP contribution in [0.1, 0.15) is 26.7 Å². The van der Waals surface area contributed by atoms with Crippen LogP contribution in [-0.4, -0.2) is 6.21 Å². The average Bonchev–Trinajstić information content (AvgIpc) is 1.97.